The number of carbonyl (C=O) groups is 1. The molecule has 0 N–H and O–H groups in total. The van der Waals surface area contributed by atoms with Gasteiger partial charge in [-0.1, -0.05) is 0 Å². The molecule has 0 saturated carbocycles. The Balaban J connectivity index is 1.61. The van der Waals surface area contributed by atoms with E-state index in [0.29, 0.717) is 22.7 Å². The number of halogens is 2. The van der Waals surface area contributed by atoms with Crippen molar-refractivity contribution in [1.29, 1.82) is 5.26 Å². The third-order valence-corrected chi connectivity index (χ3v) is 6.45. The van der Waals surface area contributed by atoms with Crippen LogP contribution in [0.3, 0.4) is 0 Å². The number of ether oxygens (including phenoxy) is 2. The summed E-state index contributed by atoms with van der Waals surface area (Å²) < 4.78 is 43.0. The molecule has 13 heteroatoms. The fraction of sp³-hybridized carbons (Fsp3) is 0.200. The predicted octanol–water partition coefficient (Wildman–Crippen LogP) is 2.63. The SMILES string of the molecule is COC(=O)Cn1c(=O)n([C@@H]2CCOc3c(F)cc(F)cc32)c2nc(-n3cnc4ccc(C#N)cc43)ncc21. The molecule has 4 heterocycles. The van der Waals surface area contributed by atoms with E-state index in [4.69, 9.17) is 9.47 Å². The first-order valence-corrected chi connectivity index (χ1v) is 11.4. The molecule has 1 aliphatic heterocycles. The van der Waals surface area contributed by atoms with Crippen molar-refractivity contribution in [2.45, 2.75) is 19.0 Å². The summed E-state index contributed by atoms with van der Waals surface area (Å²) in [4.78, 5) is 39.1. The van der Waals surface area contributed by atoms with Crippen LogP contribution in [0.1, 0.15) is 23.6 Å². The highest BCUT2D eigenvalue weighted by atomic mass is 19.1. The van der Waals surface area contributed by atoms with Crippen LogP contribution in [0.2, 0.25) is 0 Å². The van der Waals surface area contributed by atoms with E-state index in [1.807, 2.05) is 0 Å². The Morgan fingerprint density at radius 2 is 2.08 bits per heavy atom. The lowest BCUT2D eigenvalue weighted by atomic mass is 10.00. The lowest BCUT2D eigenvalue weighted by Gasteiger charge is -2.27. The van der Waals surface area contributed by atoms with Crippen LogP contribution in [0.4, 0.5) is 8.78 Å². The number of hydrogen-bond acceptors (Lipinski definition) is 8. The quantitative estimate of drug-likeness (QED) is 0.333. The first-order chi connectivity index (χ1) is 18.4. The van der Waals surface area contributed by atoms with Crippen molar-refractivity contribution in [2.24, 2.45) is 0 Å². The number of nitriles is 1. The zero-order chi connectivity index (χ0) is 26.6. The van der Waals surface area contributed by atoms with Gasteiger partial charge in [0, 0.05) is 18.1 Å². The van der Waals surface area contributed by atoms with Crippen LogP contribution >= 0.6 is 0 Å². The summed E-state index contributed by atoms with van der Waals surface area (Å²) in [6.07, 6.45) is 3.08. The smallest absolute Gasteiger partial charge is 0.331 e. The van der Waals surface area contributed by atoms with Gasteiger partial charge in [0.1, 0.15) is 24.2 Å². The van der Waals surface area contributed by atoms with Gasteiger partial charge in [-0.25, -0.2) is 23.5 Å². The van der Waals surface area contributed by atoms with Crippen molar-refractivity contribution in [2.75, 3.05) is 13.7 Å². The molecule has 190 valence electrons. The van der Waals surface area contributed by atoms with Crippen molar-refractivity contribution in [3.8, 4) is 17.8 Å². The Morgan fingerprint density at radius 1 is 1.24 bits per heavy atom. The number of carbonyl (C=O) groups excluding carboxylic acids is 1. The van der Waals surface area contributed by atoms with Gasteiger partial charge in [-0.05, 0) is 24.3 Å². The summed E-state index contributed by atoms with van der Waals surface area (Å²) in [7, 11) is 1.20. The lowest BCUT2D eigenvalue weighted by molar-refractivity contribution is -0.141. The molecule has 3 aromatic heterocycles. The number of benzene rings is 2. The van der Waals surface area contributed by atoms with Crippen molar-refractivity contribution >= 4 is 28.2 Å². The van der Waals surface area contributed by atoms with Gasteiger partial charge in [-0.15, -0.1) is 0 Å². The van der Waals surface area contributed by atoms with Gasteiger partial charge in [0.05, 0.1) is 48.6 Å². The highest BCUT2D eigenvalue weighted by molar-refractivity contribution is 5.80. The molecule has 0 saturated heterocycles. The molecule has 1 atom stereocenters. The van der Waals surface area contributed by atoms with E-state index >= 15 is 0 Å². The van der Waals surface area contributed by atoms with Gasteiger partial charge in [-0.2, -0.15) is 10.2 Å². The molecule has 0 unspecified atom stereocenters. The van der Waals surface area contributed by atoms with E-state index in [1.165, 1.54) is 24.2 Å². The number of aromatic nitrogens is 6. The average molecular weight is 517 g/mol. The molecule has 0 amide bonds. The minimum Gasteiger partial charge on any atom is -0.490 e. The average Bonchev–Trinajstić information content (AvgIpc) is 3.46. The van der Waals surface area contributed by atoms with Crippen LogP contribution in [-0.4, -0.2) is 48.3 Å². The van der Waals surface area contributed by atoms with Crippen LogP contribution in [0.5, 0.6) is 5.75 Å². The van der Waals surface area contributed by atoms with Gasteiger partial charge in [0.25, 0.3) is 0 Å². The van der Waals surface area contributed by atoms with Crippen molar-refractivity contribution in [3.05, 3.63) is 76.1 Å². The standard InChI is InChI=1S/C25H17F2N7O4/c1-37-21(35)11-32-20-10-29-24(33-12-30-17-3-2-13(9-28)6-19(17)33)31-23(20)34(25(32)36)18-4-5-38-22-15(18)7-14(26)8-16(22)27/h2-3,6-8,10,12,18H,4-5,11H2,1H3/t18-/m1/s1. The van der Waals surface area contributed by atoms with E-state index in [9.17, 15) is 23.6 Å². The summed E-state index contributed by atoms with van der Waals surface area (Å²) in [5, 5.41) is 9.31. The first kappa shape index (κ1) is 23.3. The van der Waals surface area contributed by atoms with Gasteiger partial charge in [0.2, 0.25) is 5.95 Å². The Bertz CT molecular complexity index is 1870. The molecule has 6 rings (SSSR count). The number of nitrogens with zero attached hydrogens (tertiary/aromatic N) is 7. The molecule has 38 heavy (non-hydrogen) atoms. The Morgan fingerprint density at radius 3 is 2.87 bits per heavy atom. The molecule has 0 fully saturated rings. The zero-order valence-electron chi connectivity index (χ0n) is 19.8. The monoisotopic (exact) mass is 517 g/mol. The summed E-state index contributed by atoms with van der Waals surface area (Å²) >= 11 is 0. The van der Waals surface area contributed by atoms with E-state index in [0.717, 1.165) is 10.6 Å². The maximum Gasteiger partial charge on any atom is 0.331 e. The third kappa shape index (κ3) is 3.57. The molecule has 0 bridgehead atoms. The second kappa shape index (κ2) is 8.77. The number of rotatable bonds is 4. The van der Waals surface area contributed by atoms with E-state index < -0.39 is 35.9 Å². The van der Waals surface area contributed by atoms with Gasteiger partial charge in [0.15, 0.2) is 17.2 Å². The largest absolute Gasteiger partial charge is 0.490 e. The number of fused-ring (bicyclic) bond motifs is 3. The highest BCUT2D eigenvalue weighted by Crippen LogP contribution is 2.38. The number of hydrogen-bond donors (Lipinski definition) is 0. The number of methoxy groups -OCH3 is 1. The first-order valence-electron chi connectivity index (χ1n) is 11.4. The summed E-state index contributed by atoms with van der Waals surface area (Å²) in [5.74, 6) is -2.40. The highest BCUT2D eigenvalue weighted by Gasteiger charge is 2.31. The van der Waals surface area contributed by atoms with Crippen LogP contribution in [0.25, 0.3) is 28.1 Å². The molecule has 5 aromatic rings. The lowest BCUT2D eigenvalue weighted by Crippen LogP contribution is -2.32. The van der Waals surface area contributed by atoms with Crippen molar-refractivity contribution < 1.29 is 23.0 Å². The van der Waals surface area contributed by atoms with E-state index in [1.54, 1.807) is 22.8 Å². The summed E-state index contributed by atoms with van der Waals surface area (Å²) in [6.45, 7) is -0.355. The fourth-order valence-corrected chi connectivity index (χ4v) is 4.71. The summed E-state index contributed by atoms with van der Waals surface area (Å²) in [5.41, 5.74) is 1.41. The van der Waals surface area contributed by atoms with Crippen LogP contribution in [0.15, 0.2) is 47.7 Å². The molecule has 1 aliphatic rings. The van der Waals surface area contributed by atoms with Crippen molar-refractivity contribution in [1.82, 2.24) is 28.7 Å². The van der Waals surface area contributed by atoms with Crippen LogP contribution in [0, 0.1) is 23.0 Å². The van der Waals surface area contributed by atoms with Gasteiger partial charge >= 0.3 is 11.7 Å². The predicted molar refractivity (Wildman–Crippen MR) is 128 cm³/mol. The Hall–Kier alpha value is -5.12. The molecule has 0 aliphatic carbocycles. The molecular formula is C25H17F2N7O4. The normalized spacial score (nSPS) is 14.7. The summed E-state index contributed by atoms with van der Waals surface area (Å²) in [6, 6.07) is 8.02. The van der Waals surface area contributed by atoms with Gasteiger partial charge in [-0.3, -0.25) is 18.5 Å². The minimum absolute atomic E-state index is 0.0668. The number of esters is 1. The molecule has 0 radical (unpaired) electrons. The second-order valence-corrected chi connectivity index (χ2v) is 8.58. The Labute approximate surface area is 212 Å². The molecule has 2 aromatic carbocycles. The van der Waals surface area contributed by atoms with Crippen LogP contribution in [-0.2, 0) is 16.1 Å². The third-order valence-electron chi connectivity index (χ3n) is 6.45. The maximum absolute atomic E-state index is 14.5. The van der Waals surface area contributed by atoms with E-state index in [2.05, 4.69) is 21.0 Å². The van der Waals surface area contributed by atoms with Crippen molar-refractivity contribution in [3.63, 3.8) is 0 Å². The molecular weight excluding hydrogens is 500 g/mol. The molecule has 11 nitrogen and oxygen atoms in total. The topological polar surface area (TPSA) is 130 Å². The second-order valence-electron chi connectivity index (χ2n) is 8.58. The maximum atomic E-state index is 14.5. The molecule has 0 spiro atoms. The fourth-order valence-electron chi connectivity index (χ4n) is 4.71. The Kier molecular flexibility index (Phi) is 5.37. The van der Waals surface area contributed by atoms with E-state index in [-0.39, 0.29) is 41.5 Å². The number of imidazole rings is 2. The minimum atomic E-state index is -0.885. The van der Waals surface area contributed by atoms with Gasteiger partial charge < -0.3 is 9.47 Å². The zero-order valence-corrected chi connectivity index (χ0v) is 19.8. The van der Waals surface area contributed by atoms with Crippen LogP contribution < -0.4 is 10.4 Å².